The maximum absolute atomic E-state index is 5.90. The molecule has 0 spiro atoms. The lowest BCUT2D eigenvalue weighted by molar-refractivity contribution is 0.0514. The van der Waals surface area contributed by atoms with Crippen LogP contribution >= 0.6 is 8.58 Å². The molecular weight excluding hydrogens is 353 g/mol. The molecule has 0 N–H and O–H groups in total. The zero-order valence-corrected chi connectivity index (χ0v) is 18.8. The Bertz CT molecular complexity index is 735. The van der Waals surface area contributed by atoms with Crippen LogP contribution in [-0.4, -0.2) is 30.9 Å². The Morgan fingerprint density at radius 1 is 0.926 bits per heavy atom. The van der Waals surface area contributed by atoms with Crippen LogP contribution in [0.25, 0.3) is 0 Å². The van der Waals surface area contributed by atoms with Crippen molar-refractivity contribution in [2.45, 2.75) is 60.2 Å². The largest absolute Gasteiger partial charge is 0.467 e. The van der Waals surface area contributed by atoms with Gasteiger partial charge in [-0.05, 0) is 63.5 Å². The van der Waals surface area contributed by atoms with Gasteiger partial charge in [0, 0.05) is 31.0 Å². The lowest BCUT2D eigenvalue weighted by atomic mass is 10.1. The van der Waals surface area contributed by atoms with E-state index in [9.17, 15) is 0 Å². The maximum atomic E-state index is 5.90. The fraction of sp³-hybridized carbons (Fsp3) is 0.478. The predicted octanol–water partition coefficient (Wildman–Crippen LogP) is 4.53. The highest BCUT2D eigenvalue weighted by atomic mass is 31.1. The Hall–Kier alpha value is -1.41. The molecule has 0 amide bonds. The van der Waals surface area contributed by atoms with E-state index in [0.29, 0.717) is 20.7 Å². The number of ether oxygens (including phenoxy) is 2. The fourth-order valence-electron chi connectivity index (χ4n) is 3.39. The van der Waals surface area contributed by atoms with Crippen LogP contribution in [-0.2, 0) is 11.3 Å². The van der Waals surface area contributed by atoms with Gasteiger partial charge in [-0.2, -0.15) is 0 Å². The molecule has 0 bridgehead atoms. The number of hydrogen-bond acceptors (Lipinski definition) is 3. The van der Waals surface area contributed by atoms with Gasteiger partial charge in [-0.25, -0.2) is 0 Å². The number of hydrogen-bond donors (Lipinski definition) is 0. The second-order valence-electron chi connectivity index (χ2n) is 7.60. The van der Waals surface area contributed by atoms with E-state index in [-0.39, 0.29) is 6.79 Å². The molecule has 2 aromatic rings. The molecule has 2 aromatic carbocycles. The number of benzene rings is 2. The number of rotatable bonds is 9. The van der Waals surface area contributed by atoms with E-state index < -0.39 is 0 Å². The molecule has 0 aliphatic rings. The summed E-state index contributed by atoms with van der Waals surface area (Å²) in [6.07, 6.45) is 0. The SMILES string of the molecule is COCOc1c(C)cccc1Pc1c(C)cccc1CN(C(C)C)C(C)C. The summed E-state index contributed by atoms with van der Waals surface area (Å²) in [6.45, 7) is 14.6. The van der Waals surface area contributed by atoms with E-state index in [1.54, 1.807) is 7.11 Å². The average molecular weight is 388 g/mol. The first-order valence-electron chi connectivity index (χ1n) is 9.67. The topological polar surface area (TPSA) is 21.7 Å². The first kappa shape index (κ1) is 21.9. The zero-order valence-electron chi connectivity index (χ0n) is 17.8. The summed E-state index contributed by atoms with van der Waals surface area (Å²) in [4.78, 5) is 2.54. The van der Waals surface area contributed by atoms with Crippen LogP contribution in [0, 0.1) is 13.8 Å². The Morgan fingerprint density at radius 2 is 1.56 bits per heavy atom. The van der Waals surface area contributed by atoms with Gasteiger partial charge in [0.15, 0.2) is 6.79 Å². The van der Waals surface area contributed by atoms with Crippen LogP contribution < -0.4 is 15.3 Å². The second-order valence-corrected chi connectivity index (χ2v) is 8.88. The van der Waals surface area contributed by atoms with Gasteiger partial charge in [-0.1, -0.05) is 45.0 Å². The third kappa shape index (κ3) is 5.78. The summed E-state index contributed by atoms with van der Waals surface area (Å²) in [7, 11) is 2.22. The van der Waals surface area contributed by atoms with E-state index in [1.807, 2.05) is 0 Å². The van der Waals surface area contributed by atoms with Crippen LogP contribution in [0.15, 0.2) is 36.4 Å². The predicted molar refractivity (Wildman–Crippen MR) is 118 cm³/mol. The molecule has 1 atom stereocenters. The van der Waals surface area contributed by atoms with Gasteiger partial charge in [0.25, 0.3) is 0 Å². The van der Waals surface area contributed by atoms with Gasteiger partial charge < -0.3 is 9.47 Å². The Balaban J connectivity index is 2.39. The van der Waals surface area contributed by atoms with Crippen molar-refractivity contribution in [2.75, 3.05) is 13.9 Å². The molecule has 2 rings (SSSR count). The van der Waals surface area contributed by atoms with Crippen LogP contribution in [0.3, 0.4) is 0 Å². The third-order valence-corrected chi connectivity index (χ3v) is 6.46. The molecule has 0 fully saturated rings. The number of nitrogens with zero attached hydrogens (tertiary/aromatic N) is 1. The summed E-state index contributed by atoms with van der Waals surface area (Å²) < 4.78 is 11.0. The van der Waals surface area contributed by atoms with Gasteiger partial charge >= 0.3 is 0 Å². The Morgan fingerprint density at radius 3 is 2.19 bits per heavy atom. The normalized spacial score (nSPS) is 12.1. The molecule has 3 nitrogen and oxygen atoms in total. The molecular formula is C23H34NO2P. The Labute approximate surface area is 166 Å². The van der Waals surface area contributed by atoms with Crippen molar-refractivity contribution in [1.29, 1.82) is 0 Å². The first-order valence-corrected chi connectivity index (χ1v) is 10.7. The van der Waals surface area contributed by atoms with Gasteiger partial charge in [0.1, 0.15) is 5.75 Å². The summed E-state index contributed by atoms with van der Waals surface area (Å²) in [5.41, 5.74) is 3.91. The summed E-state index contributed by atoms with van der Waals surface area (Å²) >= 11 is 0. The summed E-state index contributed by atoms with van der Waals surface area (Å²) in [5, 5.41) is 2.67. The molecule has 0 heterocycles. The van der Waals surface area contributed by atoms with E-state index >= 15 is 0 Å². The molecule has 27 heavy (non-hydrogen) atoms. The maximum Gasteiger partial charge on any atom is 0.188 e. The van der Waals surface area contributed by atoms with Crippen LogP contribution in [0.1, 0.15) is 44.4 Å². The van der Waals surface area contributed by atoms with Gasteiger partial charge in [-0.15, -0.1) is 0 Å². The highest BCUT2D eigenvalue weighted by Gasteiger charge is 2.18. The van der Waals surface area contributed by atoms with Crippen molar-refractivity contribution in [3.63, 3.8) is 0 Å². The van der Waals surface area contributed by atoms with Crippen molar-refractivity contribution in [3.8, 4) is 5.75 Å². The van der Waals surface area contributed by atoms with Crippen LogP contribution in [0.5, 0.6) is 5.75 Å². The summed E-state index contributed by atoms with van der Waals surface area (Å²) in [5.74, 6) is 0.955. The van der Waals surface area contributed by atoms with Gasteiger partial charge in [-0.3, -0.25) is 4.90 Å². The van der Waals surface area contributed by atoms with Crippen LogP contribution in [0.4, 0.5) is 0 Å². The van der Waals surface area contributed by atoms with E-state index in [4.69, 9.17) is 9.47 Å². The molecule has 148 valence electrons. The molecule has 0 radical (unpaired) electrons. The monoisotopic (exact) mass is 387 g/mol. The molecule has 4 heteroatoms. The van der Waals surface area contributed by atoms with Crippen molar-refractivity contribution in [3.05, 3.63) is 53.1 Å². The fourth-order valence-corrected chi connectivity index (χ4v) is 4.83. The minimum Gasteiger partial charge on any atom is -0.467 e. The van der Waals surface area contributed by atoms with Gasteiger partial charge in [0.2, 0.25) is 0 Å². The highest BCUT2D eigenvalue weighted by molar-refractivity contribution is 7.56. The number of methoxy groups -OCH3 is 1. The van der Waals surface area contributed by atoms with Crippen molar-refractivity contribution < 1.29 is 9.47 Å². The van der Waals surface area contributed by atoms with Crippen molar-refractivity contribution in [1.82, 2.24) is 4.90 Å². The molecule has 1 unspecified atom stereocenters. The van der Waals surface area contributed by atoms with E-state index in [0.717, 1.165) is 17.9 Å². The number of aryl methyl sites for hydroxylation is 2. The first-order chi connectivity index (χ1) is 12.8. The van der Waals surface area contributed by atoms with E-state index in [2.05, 4.69) is 82.8 Å². The molecule has 0 aliphatic heterocycles. The minimum absolute atomic E-state index is 0.275. The molecule has 0 aliphatic carbocycles. The Kier molecular flexibility index (Phi) is 8.28. The summed E-state index contributed by atoms with van der Waals surface area (Å²) in [6, 6.07) is 14.1. The standard InChI is InChI=1S/C23H34NO2P/c1-16(2)24(17(3)4)14-20-12-8-11-19(6)23(20)27-21-13-9-10-18(5)22(21)26-15-25-7/h8-13,16-17,27H,14-15H2,1-7H3. The lowest BCUT2D eigenvalue weighted by Gasteiger charge is -2.31. The third-order valence-electron chi connectivity index (χ3n) is 4.83. The molecule has 0 aromatic heterocycles. The smallest absolute Gasteiger partial charge is 0.188 e. The highest BCUT2D eigenvalue weighted by Crippen LogP contribution is 2.26. The minimum atomic E-state index is 0.275. The number of para-hydroxylation sites is 1. The van der Waals surface area contributed by atoms with E-state index in [1.165, 1.54) is 21.7 Å². The van der Waals surface area contributed by atoms with Crippen molar-refractivity contribution >= 4 is 19.2 Å². The van der Waals surface area contributed by atoms with Crippen LogP contribution in [0.2, 0.25) is 0 Å². The quantitative estimate of drug-likeness (QED) is 0.466. The van der Waals surface area contributed by atoms with Gasteiger partial charge in [0.05, 0.1) is 0 Å². The zero-order chi connectivity index (χ0) is 20.0. The lowest BCUT2D eigenvalue weighted by Crippen LogP contribution is -2.37. The second kappa shape index (κ2) is 10.2. The average Bonchev–Trinajstić information content (AvgIpc) is 2.61. The molecule has 0 saturated carbocycles. The molecule has 0 saturated heterocycles. The van der Waals surface area contributed by atoms with Crippen molar-refractivity contribution in [2.24, 2.45) is 0 Å².